The fourth-order valence-corrected chi connectivity index (χ4v) is 1.54. The van der Waals surface area contributed by atoms with Gasteiger partial charge in [-0.2, -0.15) is 5.26 Å². The molecule has 0 unspecified atom stereocenters. The molecule has 1 aromatic carbocycles. The largest absolute Gasteiger partial charge is 0.480 e. The Kier molecular flexibility index (Phi) is 2.48. The number of aromatic nitrogens is 1. The summed E-state index contributed by atoms with van der Waals surface area (Å²) < 4.78 is 0. The first-order valence-electron chi connectivity index (χ1n) is 4.68. The first kappa shape index (κ1) is 10.1. The van der Waals surface area contributed by atoms with Crippen molar-refractivity contribution in [3.8, 4) is 6.07 Å². The molecule has 5 nitrogen and oxygen atoms in total. The van der Waals surface area contributed by atoms with Crippen LogP contribution in [0.2, 0.25) is 0 Å². The second kappa shape index (κ2) is 3.95. The molecule has 1 aromatic heterocycles. The van der Waals surface area contributed by atoms with Gasteiger partial charge in [0.15, 0.2) is 0 Å². The fourth-order valence-electron chi connectivity index (χ4n) is 1.54. The van der Waals surface area contributed by atoms with Crippen molar-refractivity contribution >= 4 is 22.6 Å². The van der Waals surface area contributed by atoms with Crippen LogP contribution in [0.15, 0.2) is 24.3 Å². The molecule has 2 aromatic rings. The maximum atomic E-state index is 10.4. The minimum absolute atomic E-state index is 0.147. The fraction of sp³-hybridized carbons (Fsp3) is 0.0909. The Bertz CT molecular complexity index is 580. The number of carbonyl (C=O) groups is 1. The Labute approximate surface area is 91.3 Å². The van der Waals surface area contributed by atoms with Gasteiger partial charge in [0.1, 0.15) is 18.3 Å². The van der Waals surface area contributed by atoms with Crippen molar-refractivity contribution in [2.45, 2.75) is 0 Å². The first-order valence-corrected chi connectivity index (χ1v) is 4.68. The number of H-pyrrole nitrogens is 1. The van der Waals surface area contributed by atoms with Crippen molar-refractivity contribution < 1.29 is 9.90 Å². The van der Waals surface area contributed by atoms with Crippen LogP contribution in [0.4, 0.5) is 5.69 Å². The number of carboxylic acid groups (broad SMARTS) is 1. The zero-order chi connectivity index (χ0) is 11.5. The number of anilines is 1. The summed E-state index contributed by atoms with van der Waals surface area (Å²) in [6.07, 6.45) is 0. The average Bonchev–Trinajstić information content (AvgIpc) is 2.69. The Hall–Kier alpha value is -2.48. The smallest absolute Gasteiger partial charge is 0.322 e. The van der Waals surface area contributed by atoms with Crippen LogP contribution in [0.25, 0.3) is 10.9 Å². The van der Waals surface area contributed by atoms with Gasteiger partial charge in [-0.1, -0.05) is 6.07 Å². The summed E-state index contributed by atoms with van der Waals surface area (Å²) >= 11 is 0. The molecule has 2 rings (SSSR count). The standard InChI is InChI=1S/C11H9N3O2/c12-5-7-4-8-9(13-6-11(15)16)2-1-3-10(8)14-7/h1-4,13-14H,6H2,(H,15,16). The molecule has 0 fully saturated rings. The lowest BCUT2D eigenvalue weighted by molar-refractivity contribution is -0.134. The van der Waals surface area contributed by atoms with E-state index in [4.69, 9.17) is 10.4 Å². The number of hydrogen-bond donors (Lipinski definition) is 3. The molecule has 0 amide bonds. The molecular weight excluding hydrogens is 206 g/mol. The minimum atomic E-state index is -0.923. The van der Waals surface area contributed by atoms with E-state index in [1.165, 1.54) is 0 Å². The summed E-state index contributed by atoms with van der Waals surface area (Å²) in [5.41, 5.74) is 1.98. The summed E-state index contributed by atoms with van der Waals surface area (Å²) in [6, 6.07) is 9.11. The van der Waals surface area contributed by atoms with Crippen molar-refractivity contribution in [1.82, 2.24) is 4.98 Å². The Morgan fingerprint density at radius 3 is 3.06 bits per heavy atom. The second-order valence-electron chi connectivity index (χ2n) is 3.31. The number of rotatable bonds is 3. The van der Waals surface area contributed by atoms with E-state index in [1.54, 1.807) is 18.2 Å². The van der Waals surface area contributed by atoms with Gasteiger partial charge in [0.25, 0.3) is 0 Å². The highest BCUT2D eigenvalue weighted by molar-refractivity contribution is 5.94. The monoisotopic (exact) mass is 215 g/mol. The van der Waals surface area contributed by atoms with Gasteiger partial charge in [0, 0.05) is 16.6 Å². The van der Waals surface area contributed by atoms with Crippen LogP contribution >= 0.6 is 0 Å². The van der Waals surface area contributed by atoms with Gasteiger partial charge in [0.2, 0.25) is 0 Å². The molecular formula is C11H9N3O2. The molecule has 16 heavy (non-hydrogen) atoms. The van der Waals surface area contributed by atoms with E-state index >= 15 is 0 Å². The minimum Gasteiger partial charge on any atom is -0.480 e. The molecule has 0 radical (unpaired) electrons. The van der Waals surface area contributed by atoms with Crippen molar-refractivity contribution in [3.63, 3.8) is 0 Å². The Morgan fingerprint density at radius 2 is 2.38 bits per heavy atom. The predicted octanol–water partition coefficient (Wildman–Crippen LogP) is 1.54. The van der Waals surface area contributed by atoms with Crippen molar-refractivity contribution in [2.24, 2.45) is 0 Å². The van der Waals surface area contributed by atoms with E-state index in [9.17, 15) is 4.79 Å². The molecule has 0 spiro atoms. The number of nitriles is 1. The van der Waals surface area contributed by atoms with E-state index in [2.05, 4.69) is 10.3 Å². The quantitative estimate of drug-likeness (QED) is 0.724. The molecule has 0 saturated heterocycles. The molecule has 0 saturated carbocycles. The van der Waals surface area contributed by atoms with E-state index in [0.29, 0.717) is 11.4 Å². The van der Waals surface area contributed by atoms with E-state index in [-0.39, 0.29) is 6.54 Å². The van der Waals surface area contributed by atoms with Gasteiger partial charge >= 0.3 is 5.97 Å². The van der Waals surface area contributed by atoms with Gasteiger partial charge < -0.3 is 15.4 Å². The summed E-state index contributed by atoms with van der Waals surface area (Å²) in [6.45, 7) is -0.147. The van der Waals surface area contributed by atoms with Gasteiger partial charge in [-0.3, -0.25) is 4.79 Å². The zero-order valence-corrected chi connectivity index (χ0v) is 8.32. The Morgan fingerprint density at radius 1 is 1.56 bits per heavy atom. The molecule has 3 N–H and O–H groups in total. The summed E-state index contributed by atoms with van der Waals surface area (Å²) in [5.74, 6) is -0.923. The van der Waals surface area contributed by atoms with Crippen molar-refractivity contribution in [1.29, 1.82) is 5.26 Å². The number of fused-ring (bicyclic) bond motifs is 1. The topological polar surface area (TPSA) is 88.9 Å². The van der Waals surface area contributed by atoms with Crippen molar-refractivity contribution in [2.75, 3.05) is 11.9 Å². The molecule has 0 aliphatic heterocycles. The third-order valence-electron chi connectivity index (χ3n) is 2.21. The highest BCUT2D eigenvalue weighted by Gasteiger charge is 2.05. The Balaban J connectivity index is 2.41. The number of aromatic amines is 1. The molecule has 0 aliphatic rings. The van der Waals surface area contributed by atoms with Crippen LogP contribution in [0.1, 0.15) is 5.69 Å². The highest BCUT2D eigenvalue weighted by atomic mass is 16.4. The summed E-state index contributed by atoms with van der Waals surface area (Å²) in [5, 5.41) is 20.9. The number of nitrogens with zero attached hydrogens (tertiary/aromatic N) is 1. The first-order chi connectivity index (χ1) is 7.70. The van der Waals surface area contributed by atoms with Gasteiger partial charge in [0.05, 0.1) is 0 Å². The highest BCUT2D eigenvalue weighted by Crippen LogP contribution is 2.23. The number of benzene rings is 1. The third kappa shape index (κ3) is 1.81. The van der Waals surface area contributed by atoms with Crippen LogP contribution in [0.5, 0.6) is 0 Å². The average molecular weight is 215 g/mol. The summed E-state index contributed by atoms with van der Waals surface area (Å²) in [4.78, 5) is 13.4. The lowest BCUT2D eigenvalue weighted by atomic mass is 10.2. The van der Waals surface area contributed by atoms with Crippen LogP contribution < -0.4 is 5.32 Å². The maximum absolute atomic E-state index is 10.4. The number of aliphatic carboxylic acids is 1. The second-order valence-corrected chi connectivity index (χ2v) is 3.31. The number of nitrogens with one attached hydrogen (secondary N) is 2. The lowest BCUT2D eigenvalue weighted by Crippen LogP contribution is -2.12. The van der Waals surface area contributed by atoms with Gasteiger partial charge in [-0.05, 0) is 18.2 Å². The molecule has 0 aliphatic carbocycles. The van der Waals surface area contributed by atoms with Crippen LogP contribution in [-0.4, -0.2) is 22.6 Å². The predicted molar refractivity (Wildman–Crippen MR) is 59.1 cm³/mol. The zero-order valence-electron chi connectivity index (χ0n) is 8.32. The summed E-state index contributed by atoms with van der Waals surface area (Å²) in [7, 11) is 0. The van der Waals surface area contributed by atoms with Crippen LogP contribution in [-0.2, 0) is 4.79 Å². The van der Waals surface area contributed by atoms with Crippen LogP contribution in [0, 0.1) is 11.3 Å². The SMILES string of the molecule is N#Cc1cc2c(NCC(=O)O)cccc2[nH]1. The van der Waals surface area contributed by atoms with E-state index in [1.807, 2.05) is 12.1 Å². The van der Waals surface area contributed by atoms with Crippen LogP contribution in [0.3, 0.4) is 0 Å². The molecule has 80 valence electrons. The van der Waals surface area contributed by atoms with E-state index < -0.39 is 5.97 Å². The molecule has 0 atom stereocenters. The van der Waals surface area contributed by atoms with Gasteiger partial charge in [-0.15, -0.1) is 0 Å². The maximum Gasteiger partial charge on any atom is 0.322 e. The normalized spacial score (nSPS) is 9.94. The van der Waals surface area contributed by atoms with Gasteiger partial charge in [-0.25, -0.2) is 0 Å². The number of carboxylic acids is 1. The molecule has 0 bridgehead atoms. The molecule has 5 heteroatoms. The van der Waals surface area contributed by atoms with E-state index in [0.717, 1.165) is 10.9 Å². The van der Waals surface area contributed by atoms with Crippen molar-refractivity contribution in [3.05, 3.63) is 30.0 Å². The number of hydrogen-bond acceptors (Lipinski definition) is 3. The lowest BCUT2D eigenvalue weighted by Gasteiger charge is -2.04. The third-order valence-corrected chi connectivity index (χ3v) is 2.21. The molecule has 1 heterocycles.